The lowest BCUT2D eigenvalue weighted by Gasteiger charge is -2.15. The third-order valence-electron chi connectivity index (χ3n) is 4.34. The zero-order chi connectivity index (χ0) is 16.8. The predicted molar refractivity (Wildman–Crippen MR) is 87.6 cm³/mol. The van der Waals surface area contributed by atoms with Gasteiger partial charge in [-0.2, -0.15) is 0 Å². The molecule has 0 spiro atoms. The van der Waals surface area contributed by atoms with Gasteiger partial charge in [-0.05, 0) is 37.1 Å². The van der Waals surface area contributed by atoms with Crippen molar-refractivity contribution in [1.29, 1.82) is 0 Å². The molecule has 1 fully saturated rings. The van der Waals surface area contributed by atoms with E-state index in [4.69, 9.17) is 4.42 Å². The van der Waals surface area contributed by atoms with Crippen LogP contribution in [0.4, 0.5) is 4.39 Å². The highest BCUT2D eigenvalue weighted by molar-refractivity contribution is 5.76. The SMILES string of the molecule is O=C(CCc1nnc(-c2ccc(F)cc2)o1)NC1CCCCCC1. The van der Waals surface area contributed by atoms with Crippen LogP contribution in [0.3, 0.4) is 0 Å². The molecule has 3 rings (SSSR count). The van der Waals surface area contributed by atoms with Gasteiger partial charge in [0.25, 0.3) is 0 Å². The fourth-order valence-corrected chi connectivity index (χ4v) is 3.01. The van der Waals surface area contributed by atoms with E-state index in [0.29, 0.717) is 36.2 Å². The Morgan fingerprint density at radius 1 is 1.12 bits per heavy atom. The lowest BCUT2D eigenvalue weighted by molar-refractivity contribution is -0.121. The van der Waals surface area contributed by atoms with Gasteiger partial charge in [0.1, 0.15) is 5.82 Å². The molecule has 128 valence electrons. The number of benzene rings is 1. The van der Waals surface area contributed by atoms with Crippen molar-refractivity contribution in [3.8, 4) is 11.5 Å². The Kier molecular flexibility index (Phi) is 5.56. The Labute approximate surface area is 140 Å². The fraction of sp³-hybridized carbons (Fsp3) is 0.500. The van der Waals surface area contributed by atoms with E-state index in [2.05, 4.69) is 15.5 Å². The number of hydrogen-bond acceptors (Lipinski definition) is 4. The number of carbonyl (C=O) groups excluding carboxylic acids is 1. The second kappa shape index (κ2) is 8.04. The second-order valence-electron chi connectivity index (χ2n) is 6.26. The molecule has 0 unspecified atom stereocenters. The number of rotatable bonds is 5. The van der Waals surface area contributed by atoms with Crippen LogP contribution in [0.15, 0.2) is 28.7 Å². The summed E-state index contributed by atoms with van der Waals surface area (Å²) in [7, 11) is 0. The average molecular weight is 331 g/mol. The molecule has 24 heavy (non-hydrogen) atoms. The molecule has 1 N–H and O–H groups in total. The van der Waals surface area contributed by atoms with Crippen molar-refractivity contribution in [1.82, 2.24) is 15.5 Å². The first kappa shape index (κ1) is 16.6. The Balaban J connectivity index is 1.49. The van der Waals surface area contributed by atoms with Crippen LogP contribution < -0.4 is 5.32 Å². The van der Waals surface area contributed by atoms with Gasteiger partial charge in [-0.3, -0.25) is 4.79 Å². The van der Waals surface area contributed by atoms with Gasteiger partial charge in [-0.25, -0.2) is 4.39 Å². The molecule has 2 aromatic rings. The summed E-state index contributed by atoms with van der Waals surface area (Å²) in [6, 6.07) is 6.17. The Morgan fingerprint density at radius 3 is 2.54 bits per heavy atom. The average Bonchev–Trinajstić information content (AvgIpc) is 2.91. The van der Waals surface area contributed by atoms with Crippen molar-refractivity contribution in [2.24, 2.45) is 0 Å². The van der Waals surface area contributed by atoms with Gasteiger partial charge in [0, 0.05) is 24.4 Å². The van der Waals surface area contributed by atoms with Crippen LogP contribution in [0.2, 0.25) is 0 Å². The number of hydrogen-bond donors (Lipinski definition) is 1. The monoisotopic (exact) mass is 331 g/mol. The van der Waals surface area contributed by atoms with Crippen LogP contribution in [0.25, 0.3) is 11.5 Å². The molecule has 1 heterocycles. The molecule has 1 aliphatic rings. The third kappa shape index (κ3) is 4.63. The van der Waals surface area contributed by atoms with E-state index >= 15 is 0 Å². The van der Waals surface area contributed by atoms with Crippen LogP contribution in [0, 0.1) is 5.82 Å². The van der Waals surface area contributed by atoms with Crippen molar-refractivity contribution in [3.63, 3.8) is 0 Å². The standard InChI is InChI=1S/C18H22FN3O2/c19-14-9-7-13(8-10-14)18-22-21-17(24-18)12-11-16(23)20-15-5-3-1-2-4-6-15/h7-10,15H,1-6,11-12H2,(H,20,23). The first-order valence-electron chi connectivity index (χ1n) is 8.58. The van der Waals surface area contributed by atoms with Gasteiger partial charge < -0.3 is 9.73 Å². The summed E-state index contributed by atoms with van der Waals surface area (Å²) in [5.41, 5.74) is 0.665. The molecule has 0 atom stereocenters. The Hall–Kier alpha value is -2.24. The number of amides is 1. The molecule has 1 saturated carbocycles. The molecule has 1 aromatic heterocycles. The van der Waals surface area contributed by atoms with E-state index < -0.39 is 0 Å². The zero-order valence-corrected chi connectivity index (χ0v) is 13.6. The largest absolute Gasteiger partial charge is 0.421 e. The number of carbonyl (C=O) groups is 1. The molecule has 0 radical (unpaired) electrons. The molecule has 5 nitrogen and oxygen atoms in total. The fourth-order valence-electron chi connectivity index (χ4n) is 3.01. The van der Waals surface area contributed by atoms with Crippen molar-refractivity contribution in [3.05, 3.63) is 36.0 Å². The Bertz CT molecular complexity index is 661. The quantitative estimate of drug-likeness (QED) is 0.849. The highest BCUT2D eigenvalue weighted by atomic mass is 19.1. The molecule has 0 bridgehead atoms. The van der Waals surface area contributed by atoms with Crippen molar-refractivity contribution in [2.45, 2.75) is 57.4 Å². The van der Waals surface area contributed by atoms with Crippen LogP contribution in [0.1, 0.15) is 50.8 Å². The van der Waals surface area contributed by atoms with Crippen molar-refractivity contribution in [2.75, 3.05) is 0 Å². The molecular weight excluding hydrogens is 309 g/mol. The molecule has 6 heteroatoms. The smallest absolute Gasteiger partial charge is 0.247 e. The highest BCUT2D eigenvalue weighted by Crippen LogP contribution is 2.19. The minimum absolute atomic E-state index is 0.0310. The molecule has 0 saturated heterocycles. The van der Waals surface area contributed by atoms with Gasteiger partial charge in [0.15, 0.2) is 0 Å². The van der Waals surface area contributed by atoms with Crippen LogP contribution in [-0.4, -0.2) is 22.1 Å². The third-order valence-corrected chi connectivity index (χ3v) is 4.34. The molecular formula is C18H22FN3O2. The topological polar surface area (TPSA) is 68.0 Å². The highest BCUT2D eigenvalue weighted by Gasteiger charge is 2.16. The number of halogens is 1. The molecule has 1 amide bonds. The van der Waals surface area contributed by atoms with Gasteiger partial charge >= 0.3 is 0 Å². The van der Waals surface area contributed by atoms with Gasteiger partial charge in [-0.1, -0.05) is 25.7 Å². The predicted octanol–water partition coefficient (Wildman–Crippen LogP) is 3.65. The first-order chi connectivity index (χ1) is 11.7. The maximum Gasteiger partial charge on any atom is 0.247 e. The maximum absolute atomic E-state index is 12.9. The summed E-state index contributed by atoms with van der Waals surface area (Å²) in [6.45, 7) is 0. The van der Waals surface area contributed by atoms with E-state index in [1.165, 1.54) is 37.8 Å². The van der Waals surface area contributed by atoms with E-state index in [1.54, 1.807) is 12.1 Å². The summed E-state index contributed by atoms with van der Waals surface area (Å²) < 4.78 is 18.5. The minimum atomic E-state index is -0.311. The van der Waals surface area contributed by atoms with Gasteiger partial charge in [-0.15, -0.1) is 10.2 Å². The second-order valence-corrected chi connectivity index (χ2v) is 6.26. The summed E-state index contributed by atoms with van der Waals surface area (Å²) in [5, 5.41) is 11.0. The van der Waals surface area contributed by atoms with Crippen LogP contribution in [-0.2, 0) is 11.2 Å². The van der Waals surface area contributed by atoms with Crippen molar-refractivity contribution >= 4 is 5.91 Å². The lowest BCUT2D eigenvalue weighted by Crippen LogP contribution is -2.34. The van der Waals surface area contributed by atoms with Crippen molar-refractivity contribution < 1.29 is 13.6 Å². The number of aryl methyl sites for hydroxylation is 1. The number of aromatic nitrogens is 2. The summed E-state index contributed by atoms with van der Waals surface area (Å²) in [5.74, 6) is 0.483. The van der Waals surface area contributed by atoms with Crippen LogP contribution >= 0.6 is 0 Å². The van der Waals surface area contributed by atoms with Gasteiger partial charge in [0.05, 0.1) is 0 Å². The van der Waals surface area contributed by atoms with E-state index in [0.717, 1.165) is 12.8 Å². The lowest BCUT2D eigenvalue weighted by atomic mass is 10.1. The first-order valence-corrected chi connectivity index (χ1v) is 8.58. The Morgan fingerprint density at radius 2 is 1.83 bits per heavy atom. The summed E-state index contributed by atoms with van der Waals surface area (Å²) in [4.78, 5) is 12.1. The number of nitrogens with zero attached hydrogens (tertiary/aromatic N) is 2. The van der Waals surface area contributed by atoms with Gasteiger partial charge in [0.2, 0.25) is 17.7 Å². The molecule has 0 aliphatic heterocycles. The minimum Gasteiger partial charge on any atom is -0.421 e. The zero-order valence-electron chi connectivity index (χ0n) is 13.6. The summed E-state index contributed by atoms with van der Waals surface area (Å²) in [6.07, 6.45) is 7.79. The van der Waals surface area contributed by atoms with E-state index in [1.807, 2.05) is 0 Å². The molecule has 1 aliphatic carbocycles. The van der Waals surface area contributed by atoms with E-state index in [-0.39, 0.29) is 11.7 Å². The van der Waals surface area contributed by atoms with E-state index in [9.17, 15) is 9.18 Å². The van der Waals surface area contributed by atoms with Crippen LogP contribution in [0.5, 0.6) is 0 Å². The normalized spacial score (nSPS) is 15.9. The molecule has 1 aromatic carbocycles. The maximum atomic E-state index is 12.9. The number of nitrogens with one attached hydrogen (secondary N) is 1. The summed E-state index contributed by atoms with van der Waals surface area (Å²) >= 11 is 0.